The van der Waals surface area contributed by atoms with E-state index >= 15 is 0 Å². The van der Waals surface area contributed by atoms with Crippen molar-refractivity contribution in [3.8, 4) is 0 Å². The van der Waals surface area contributed by atoms with Crippen molar-refractivity contribution in [2.24, 2.45) is 5.92 Å². The summed E-state index contributed by atoms with van der Waals surface area (Å²) < 4.78 is 0. The summed E-state index contributed by atoms with van der Waals surface area (Å²) in [5.74, 6) is 0.915. The van der Waals surface area contributed by atoms with Crippen LogP contribution in [0.1, 0.15) is 34.1 Å². The van der Waals surface area contributed by atoms with Gasteiger partial charge in [-0.25, -0.2) is 0 Å². The molecule has 1 aliphatic heterocycles. The smallest absolute Gasteiger partial charge is 0.00104 e. The van der Waals surface area contributed by atoms with Gasteiger partial charge in [-0.05, 0) is 38.4 Å². The highest BCUT2D eigenvalue weighted by Crippen LogP contribution is 2.09. The molecule has 0 aromatic rings. The van der Waals surface area contributed by atoms with Gasteiger partial charge in [0.2, 0.25) is 0 Å². The fraction of sp³-hybridized carbons (Fsp3) is 1.00. The zero-order valence-electron chi connectivity index (χ0n) is 7.69. The third-order valence-electron chi connectivity index (χ3n) is 2.27. The van der Waals surface area contributed by atoms with Gasteiger partial charge in [0.15, 0.2) is 0 Å². The fourth-order valence-electron chi connectivity index (χ4n) is 1.49. The maximum absolute atomic E-state index is 3.49. The first-order chi connectivity index (χ1) is 5.29. The van der Waals surface area contributed by atoms with Crippen LogP contribution < -0.4 is 10.6 Å². The van der Waals surface area contributed by atoms with Crippen LogP contribution in [-0.4, -0.2) is 25.7 Å². The predicted octanol–water partition coefficient (Wildman–Crippen LogP) is 1.62. The van der Waals surface area contributed by atoms with Crippen LogP contribution in [-0.2, 0) is 0 Å². The number of rotatable bonds is 3. The van der Waals surface area contributed by atoms with E-state index in [-0.39, 0.29) is 7.43 Å². The molecule has 0 aromatic heterocycles. The zero-order chi connectivity index (χ0) is 8.10. The fourth-order valence-corrected chi connectivity index (χ4v) is 1.49. The van der Waals surface area contributed by atoms with Gasteiger partial charge in [0.05, 0.1) is 0 Å². The van der Waals surface area contributed by atoms with Crippen LogP contribution in [0.25, 0.3) is 0 Å². The molecule has 1 fully saturated rings. The van der Waals surface area contributed by atoms with E-state index in [1.54, 1.807) is 0 Å². The minimum Gasteiger partial charge on any atom is -0.317 e. The molecule has 1 aliphatic rings. The van der Waals surface area contributed by atoms with Crippen molar-refractivity contribution in [1.29, 1.82) is 0 Å². The van der Waals surface area contributed by atoms with Crippen molar-refractivity contribution in [2.75, 3.05) is 19.6 Å². The Morgan fingerprint density at radius 1 is 1.33 bits per heavy atom. The van der Waals surface area contributed by atoms with Gasteiger partial charge in [0, 0.05) is 6.04 Å². The molecule has 2 heteroatoms. The molecule has 12 heavy (non-hydrogen) atoms. The quantitative estimate of drug-likeness (QED) is 0.676. The number of hydrogen-bond acceptors (Lipinski definition) is 2. The average Bonchev–Trinajstić information content (AvgIpc) is 2.03. The van der Waals surface area contributed by atoms with Gasteiger partial charge in [0.25, 0.3) is 0 Å². The van der Waals surface area contributed by atoms with Crippen molar-refractivity contribution < 1.29 is 0 Å². The lowest BCUT2D eigenvalue weighted by Gasteiger charge is -2.23. The Labute approximate surface area is 77.1 Å². The Kier molecular flexibility index (Phi) is 6.39. The predicted molar refractivity (Wildman–Crippen MR) is 55.5 cm³/mol. The van der Waals surface area contributed by atoms with E-state index in [1.807, 2.05) is 0 Å². The van der Waals surface area contributed by atoms with Crippen LogP contribution in [0.5, 0.6) is 0 Å². The van der Waals surface area contributed by atoms with E-state index in [4.69, 9.17) is 0 Å². The van der Waals surface area contributed by atoms with E-state index in [2.05, 4.69) is 24.5 Å². The highest BCUT2D eigenvalue weighted by atomic mass is 14.9. The molecule has 2 nitrogen and oxygen atoms in total. The first-order valence-corrected chi connectivity index (χ1v) is 4.73. The summed E-state index contributed by atoms with van der Waals surface area (Å²) in [6.07, 6.45) is 2.69. The average molecular weight is 172 g/mol. The summed E-state index contributed by atoms with van der Waals surface area (Å²) in [5, 5.41) is 6.86. The molecule has 2 N–H and O–H groups in total. The van der Waals surface area contributed by atoms with Crippen molar-refractivity contribution in [3.05, 3.63) is 0 Å². The first kappa shape index (κ1) is 11.9. The Morgan fingerprint density at radius 3 is 2.42 bits per heavy atom. The molecule has 0 aliphatic carbocycles. The molecule has 0 atom stereocenters. The lowest BCUT2D eigenvalue weighted by Crippen LogP contribution is -2.35. The Hall–Kier alpha value is -0.0800. The summed E-state index contributed by atoms with van der Waals surface area (Å²) in [5.41, 5.74) is 0. The maximum Gasteiger partial charge on any atom is 0.00104 e. The monoisotopic (exact) mass is 172 g/mol. The minimum atomic E-state index is 0. The second-order valence-electron chi connectivity index (χ2n) is 3.76. The molecule has 74 valence electrons. The van der Waals surface area contributed by atoms with Gasteiger partial charge in [-0.3, -0.25) is 0 Å². The third kappa shape index (κ3) is 4.73. The van der Waals surface area contributed by atoms with E-state index in [1.165, 1.54) is 32.5 Å². The zero-order valence-corrected chi connectivity index (χ0v) is 7.69. The van der Waals surface area contributed by atoms with Crippen LogP contribution in [0.3, 0.4) is 0 Å². The normalized spacial score (nSPS) is 19.2. The molecule has 1 heterocycles. The highest BCUT2D eigenvalue weighted by molar-refractivity contribution is 4.71. The van der Waals surface area contributed by atoms with Crippen LogP contribution in [0.4, 0.5) is 0 Å². The van der Waals surface area contributed by atoms with Crippen molar-refractivity contribution in [1.82, 2.24) is 10.6 Å². The maximum atomic E-state index is 3.49. The van der Waals surface area contributed by atoms with E-state index in [0.29, 0.717) is 6.04 Å². The first-order valence-electron chi connectivity index (χ1n) is 4.73. The van der Waals surface area contributed by atoms with Gasteiger partial charge in [0.1, 0.15) is 0 Å². The minimum absolute atomic E-state index is 0. The SMILES string of the molecule is C.CC(C)NCC1CCNCC1. The van der Waals surface area contributed by atoms with Gasteiger partial charge in [-0.2, -0.15) is 0 Å². The molecular weight excluding hydrogens is 148 g/mol. The standard InChI is InChI=1S/C9H20N2.CH4/c1-8(2)11-7-9-3-5-10-6-4-9;/h8-11H,3-7H2,1-2H3;1H4. The molecule has 0 amide bonds. The summed E-state index contributed by atoms with van der Waals surface area (Å²) in [6.45, 7) is 8.05. The molecule has 1 saturated heterocycles. The third-order valence-corrected chi connectivity index (χ3v) is 2.27. The van der Waals surface area contributed by atoms with Gasteiger partial charge in [-0.15, -0.1) is 0 Å². The largest absolute Gasteiger partial charge is 0.317 e. The molecule has 0 saturated carbocycles. The van der Waals surface area contributed by atoms with Crippen molar-refractivity contribution >= 4 is 0 Å². The topological polar surface area (TPSA) is 24.1 Å². The molecular formula is C10H24N2. The number of piperidine rings is 1. The van der Waals surface area contributed by atoms with E-state index < -0.39 is 0 Å². The van der Waals surface area contributed by atoms with Gasteiger partial charge < -0.3 is 10.6 Å². The molecule has 0 spiro atoms. The highest BCUT2D eigenvalue weighted by Gasteiger charge is 2.12. The summed E-state index contributed by atoms with van der Waals surface area (Å²) in [4.78, 5) is 0. The van der Waals surface area contributed by atoms with E-state index in [9.17, 15) is 0 Å². The second kappa shape index (κ2) is 6.44. The van der Waals surface area contributed by atoms with Crippen molar-refractivity contribution in [3.63, 3.8) is 0 Å². The summed E-state index contributed by atoms with van der Waals surface area (Å²) in [6, 6.07) is 0.643. The Balaban J connectivity index is 0.00000121. The second-order valence-corrected chi connectivity index (χ2v) is 3.76. The van der Waals surface area contributed by atoms with Crippen molar-refractivity contribution in [2.45, 2.75) is 40.2 Å². The van der Waals surface area contributed by atoms with Crippen LogP contribution in [0.15, 0.2) is 0 Å². The Morgan fingerprint density at radius 2 is 1.92 bits per heavy atom. The summed E-state index contributed by atoms with van der Waals surface area (Å²) in [7, 11) is 0. The molecule has 0 bridgehead atoms. The van der Waals surface area contributed by atoms with Crippen LogP contribution in [0, 0.1) is 5.92 Å². The van der Waals surface area contributed by atoms with Crippen LogP contribution in [0.2, 0.25) is 0 Å². The lowest BCUT2D eigenvalue weighted by atomic mass is 9.98. The lowest BCUT2D eigenvalue weighted by molar-refractivity contribution is 0.347. The van der Waals surface area contributed by atoms with Crippen LogP contribution >= 0.6 is 0 Å². The molecule has 1 rings (SSSR count). The van der Waals surface area contributed by atoms with E-state index in [0.717, 1.165) is 5.92 Å². The summed E-state index contributed by atoms with van der Waals surface area (Å²) >= 11 is 0. The van der Waals surface area contributed by atoms with Gasteiger partial charge in [-0.1, -0.05) is 21.3 Å². The molecule has 0 radical (unpaired) electrons. The number of hydrogen-bond donors (Lipinski definition) is 2. The molecule has 0 aromatic carbocycles. The Bertz CT molecular complexity index is 96.0. The number of nitrogens with one attached hydrogen (secondary N) is 2. The van der Waals surface area contributed by atoms with Gasteiger partial charge >= 0.3 is 0 Å². The molecule has 0 unspecified atom stereocenters.